The van der Waals surface area contributed by atoms with Crippen molar-refractivity contribution in [2.24, 2.45) is 0 Å². The van der Waals surface area contributed by atoms with Gasteiger partial charge in [0.15, 0.2) is 40.3 Å². The number of aromatic nitrogens is 1. The molecule has 1 unspecified atom stereocenters. The summed E-state index contributed by atoms with van der Waals surface area (Å²) in [4.78, 5) is 12.7. The number of carbonyl (C=O) groups is 1. The van der Waals surface area contributed by atoms with E-state index in [0.717, 1.165) is 61.8 Å². The fourth-order valence-electron chi connectivity index (χ4n) is 6.77. The number of nitrogens with one attached hydrogen (secondary N) is 2. The molecule has 14 heteroatoms. The second-order valence-corrected chi connectivity index (χ2v) is 14.0. The van der Waals surface area contributed by atoms with Crippen molar-refractivity contribution in [2.45, 2.75) is 51.1 Å². The highest BCUT2D eigenvalue weighted by atomic mass is 35.5. The number of fused-ring (bicyclic) bond motifs is 1. The Labute approximate surface area is 343 Å². The van der Waals surface area contributed by atoms with Crippen LogP contribution in [0.3, 0.4) is 0 Å². The fourth-order valence-corrected chi connectivity index (χ4v) is 6.94. The second-order valence-electron chi connectivity index (χ2n) is 13.5. The van der Waals surface area contributed by atoms with Crippen LogP contribution in [0.5, 0.6) is 46.0 Å². The van der Waals surface area contributed by atoms with Crippen LogP contribution in [0.1, 0.15) is 67.0 Å². The number of hydrogen-bond acceptors (Lipinski definition) is 12. The summed E-state index contributed by atoms with van der Waals surface area (Å²) in [5.74, 6) is 4.74. The lowest BCUT2D eigenvalue weighted by Gasteiger charge is -2.28. The van der Waals surface area contributed by atoms with Gasteiger partial charge in [-0.15, -0.1) is 0 Å². The molecule has 5 aromatic rings. The Balaban J connectivity index is 0.916. The molecule has 0 fully saturated rings. The topological polar surface area (TPSA) is 141 Å². The van der Waals surface area contributed by atoms with Gasteiger partial charge >= 0.3 is 0 Å². The summed E-state index contributed by atoms with van der Waals surface area (Å²) < 4.78 is 51.4. The summed E-state index contributed by atoms with van der Waals surface area (Å²) in [6, 6.07) is 20.1. The minimum atomic E-state index is -0.405. The monoisotopic (exact) mass is 815 g/mol. The van der Waals surface area contributed by atoms with E-state index in [-0.39, 0.29) is 5.91 Å². The highest BCUT2D eigenvalue weighted by Gasteiger charge is 2.26. The van der Waals surface area contributed by atoms with E-state index in [0.29, 0.717) is 86.8 Å². The van der Waals surface area contributed by atoms with Crippen molar-refractivity contribution >= 4 is 23.2 Å². The number of ether oxygens (including phenoxy) is 8. The Morgan fingerprint density at radius 2 is 1.17 bits per heavy atom. The highest BCUT2D eigenvalue weighted by molar-refractivity contribution is 6.31. The average molecular weight is 816 g/mol. The van der Waals surface area contributed by atoms with Gasteiger partial charge in [-0.2, -0.15) is 0 Å². The van der Waals surface area contributed by atoms with Gasteiger partial charge in [0, 0.05) is 27.9 Å². The Hall–Kier alpha value is -5.95. The lowest BCUT2D eigenvalue weighted by Crippen LogP contribution is -2.38. The molecule has 4 aromatic carbocycles. The molecule has 0 bridgehead atoms. The molecule has 308 valence electrons. The first kappa shape index (κ1) is 41.7. The van der Waals surface area contributed by atoms with Gasteiger partial charge in [0.2, 0.25) is 11.5 Å². The minimum Gasteiger partial charge on any atom is -0.493 e. The number of nitrogens with zero attached hydrogens (tertiary/aromatic N) is 1. The molecule has 0 radical (unpaired) electrons. The molecule has 1 amide bonds. The largest absolute Gasteiger partial charge is 0.493 e. The standard InChI is InChI=1S/C44H50ClN3O10/c1-50-36-20-27(43-46-32-16-15-30(45)25-31(32)44(49)47-43)14-17-34(36)56-18-12-10-8-7-9-11-13-19-57-42-39(53-4)21-28(22-40(42)54-5)33-26-35(58-48-33)29-23-37(51-2)41(55-6)38(24-29)52-3/h14-17,20-26,43,46H,7-13,18-19H2,1-6H3,(H,47,49). The van der Waals surface area contributed by atoms with E-state index in [1.54, 1.807) is 66.9 Å². The van der Waals surface area contributed by atoms with Crippen molar-refractivity contribution in [3.63, 3.8) is 0 Å². The maximum absolute atomic E-state index is 12.7. The molecule has 0 spiro atoms. The van der Waals surface area contributed by atoms with Crippen LogP contribution in [-0.4, -0.2) is 66.9 Å². The first-order valence-electron chi connectivity index (χ1n) is 19.1. The number of hydrogen-bond donors (Lipinski definition) is 2. The van der Waals surface area contributed by atoms with Crippen LogP contribution in [-0.2, 0) is 0 Å². The van der Waals surface area contributed by atoms with E-state index in [9.17, 15) is 4.79 Å². The molecule has 0 aliphatic carbocycles. The van der Waals surface area contributed by atoms with Gasteiger partial charge in [-0.05, 0) is 73.0 Å². The van der Waals surface area contributed by atoms with Crippen LogP contribution in [0.15, 0.2) is 71.3 Å². The predicted octanol–water partition coefficient (Wildman–Crippen LogP) is 9.76. The van der Waals surface area contributed by atoms with Gasteiger partial charge in [0.1, 0.15) is 11.9 Å². The van der Waals surface area contributed by atoms with Crippen LogP contribution in [0.2, 0.25) is 5.02 Å². The van der Waals surface area contributed by atoms with E-state index >= 15 is 0 Å². The zero-order valence-electron chi connectivity index (χ0n) is 33.7. The third-order valence-corrected chi connectivity index (χ3v) is 10.1. The summed E-state index contributed by atoms with van der Waals surface area (Å²) in [5, 5.41) is 11.1. The normalized spacial score (nSPS) is 13.2. The summed E-state index contributed by atoms with van der Waals surface area (Å²) >= 11 is 6.07. The number of benzene rings is 4. The number of halogens is 1. The molecule has 2 N–H and O–H groups in total. The van der Waals surface area contributed by atoms with E-state index in [1.165, 1.54) is 0 Å². The summed E-state index contributed by atoms with van der Waals surface area (Å²) in [5.41, 5.74) is 4.15. The molecule has 1 atom stereocenters. The molecule has 1 aromatic heterocycles. The van der Waals surface area contributed by atoms with Crippen LogP contribution in [0.4, 0.5) is 5.69 Å². The maximum atomic E-state index is 12.7. The number of unbranched alkanes of at least 4 members (excludes halogenated alkanes) is 6. The molecule has 1 aliphatic heterocycles. The Morgan fingerprint density at radius 1 is 0.586 bits per heavy atom. The lowest BCUT2D eigenvalue weighted by molar-refractivity contribution is 0.0935. The van der Waals surface area contributed by atoms with E-state index < -0.39 is 6.17 Å². The van der Waals surface area contributed by atoms with Crippen molar-refractivity contribution in [1.82, 2.24) is 10.5 Å². The molecule has 58 heavy (non-hydrogen) atoms. The summed E-state index contributed by atoms with van der Waals surface area (Å²) in [6.07, 6.45) is 6.89. The van der Waals surface area contributed by atoms with Crippen molar-refractivity contribution in [1.29, 1.82) is 0 Å². The van der Waals surface area contributed by atoms with Crippen LogP contribution in [0, 0.1) is 0 Å². The van der Waals surface area contributed by atoms with Gasteiger partial charge in [-0.1, -0.05) is 54.9 Å². The molecular formula is C44H50ClN3O10. The molecule has 13 nitrogen and oxygen atoms in total. The summed E-state index contributed by atoms with van der Waals surface area (Å²) in [6.45, 7) is 1.12. The molecule has 1 aliphatic rings. The van der Waals surface area contributed by atoms with Crippen LogP contribution < -0.4 is 48.5 Å². The van der Waals surface area contributed by atoms with Crippen molar-refractivity contribution in [3.8, 4) is 68.6 Å². The Bertz CT molecular complexity index is 2120. The number of methoxy groups -OCH3 is 6. The number of carbonyl (C=O) groups excluding carboxylic acids is 1. The van der Waals surface area contributed by atoms with Gasteiger partial charge in [-0.25, -0.2) is 0 Å². The Kier molecular flexibility index (Phi) is 14.3. The van der Waals surface area contributed by atoms with Crippen molar-refractivity contribution < 1.29 is 47.2 Å². The summed E-state index contributed by atoms with van der Waals surface area (Å²) in [7, 11) is 9.49. The van der Waals surface area contributed by atoms with Crippen LogP contribution >= 0.6 is 11.6 Å². The van der Waals surface area contributed by atoms with Crippen molar-refractivity contribution in [2.75, 3.05) is 61.2 Å². The van der Waals surface area contributed by atoms with Gasteiger partial charge in [0.25, 0.3) is 5.91 Å². The Morgan fingerprint density at radius 3 is 1.79 bits per heavy atom. The van der Waals surface area contributed by atoms with Gasteiger partial charge in [-0.3, -0.25) is 4.79 Å². The van der Waals surface area contributed by atoms with Gasteiger partial charge in [0.05, 0.1) is 61.4 Å². The molecule has 0 saturated carbocycles. The van der Waals surface area contributed by atoms with Gasteiger partial charge < -0.3 is 53.1 Å². The maximum Gasteiger partial charge on any atom is 0.255 e. The SMILES string of the molecule is COc1cc(C2NC(=O)c3cc(Cl)ccc3N2)ccc1OCCCCCCCCCOc1c(OC)cc(-c2cc(-c3cc(OC)c(OC)c(OC)c3)on2)cc1OC. The number of amides is 1. The molecular weight excluding hydrogens is 766 g/mol. The van der Waals surface area contributed by atoms with E-state index in [4.69, 9.17) is 54.0 Å². The molecule has 2 heterocycles. The first-order chi connectivity index (χ1) is 28.3. The van der Waals surface area contributed by atoms with E-state index in [2.05, 4.69) is 15.8 Å². The minimum absolute atomic E-state index is 0.187. The molecule has 0 saturated heterocycles. The molecule has 6 rings (SSSR count). The number of anilines is 1. The third kappa shape index (κ3) is 9.76. The smallest absolute Gasteiger partial charge is 0.255 e. The lowest BCUT2D eigenvalue weighted by atomic mass is 10.1. The van der Waals surface area contributed by atoms with Crippen LogP contribution in [0.25, 0.3) is 22.6 Å². The highest BCUT2D eigenvalue weighted by Crippen LogP contribution is 2.44. The quantitative estimate of drug-likeness (QED) is 0.0682. The third-order valence-electron chi connectivity index (χ3n) is 9.83. The first-order valence-corrected chi connectivity index (χ1v) is 19.5. The number of rotatable bonds is 21. The van der Waals surface area contributed by atoms with Crippen molar-refractivity contribution in [3.05, 3.63) is 82.9 Å². The average Bonchev–Trinajstić information content (AvgIpc) is 3.75. The predicted molar refractivity (Wildman–Crippen MR) is 222 cm³/mol. The second kappa shape index (κ2) is 20.0. The zero-order valence-corrected chi connectivity index (χ0v) is 34.5. The zero-order chi connectivity index (χ0) is 41.0. The fraction of sp³-hybridized carbons (Fsp3) is 0.364. The van der Waals surface area contributed by atoms with E-state index in [1.807, 2.05) is 42.5 Å².